The van der Waals surface area contributed by atoms with E-state index < -0.39 is 33.0 Å². The molecule has 0 heterocycles. The van der Waals surface area contributed by atoms with Crippen LogP contribution in [-0.2, 0) is 21.7 Å². The molecule has 0 saturated carbocycles. The van der Waals surface area contributed by atoms with Crippen LogP contribution in [0.25, 0.3) is 0 Å². The average Bonchev–Trinajstić information content (AvgIpc) is 2.63. The van der Waals surface area contributed by atoms with Gasteiger partial charge in [0, 0.05) is 0 Å². The van der Waals surface area contributed by atoms with Gasteiger partial charge in [0.2, 0.25) is 0 Å². The van der Waals surface area contributed by atoms with E-state index in [1.165, 1.54) is 0 Å². The van der Waals surface area contributed by atoms with E-state index in [2.05, 4.69) is 191 Å². The van der Waals surface area contributed by atoms with E-state index >= 15 is 0 Å². The Labute approximate surface area is 314 Å². The monoisotopic (exact) mass is 1280 g/mol. The number of rotatable bonds is 4. The molecule has 0 bridgehead atoms. The molecule has 4 atom stereocenters. The molecule has 0 fully saturated rings. The summed E-state index contributed by atoms with van der Waals surface area (Å²) in [5, 5.41) is 43.1. The number of halogens is 12. The van der Waals surface area contributed by atoms with Crippen LogP contribution in [0.2, 0.25) is 0 Å². The molecule has 4 nitrogen and oxygen atoms in total. The predicted octanol–water partition coefficient (Wildman–Crippen LogP) is 7.85. The van der Waals surface area contributed by atoms with Crippen molar-refractivity contribution in [2.75, 3.05) is 0 Å². The first-order valence-electron chi connectivity index (χ1n) is 8.83. The molecule has 0 spiro atoms. The van der Waals surface area contributed by atoms with Gasteiger partial charge in [-0.3, -0.25) is 0 Å². The van der Waals surface area contributed by atoms with Crippen molar-refractivity contribution in [3.8, 4) is 0 Å². The molecule has 0 radical (unpaired) electrons. The third kappa shape index (κ3) is 34.4. The molecule has 0 aliphatic heterocycles. The Morgan fingerprint density at radius 2 is 0.485 bits per heavy atom. The van der Waals surface area contributed by atoms with Gasteiger partial charge in [-0.1, -0.05) is 269 Å². The fraction of sp³-hybridized carbons (Fsp3) is 1.00. The molecule has 33 heavy (non-hydrogen) atoms. The van der Waals surface area contributed by atoms with Gasteiger partial charge in [0.05, 0.1) is 0 Å². The summed E-state index contributed by atoms with van der Waals surface area (Å²) in [7, 11) is 0. The van der Waals surface area contributed by atoms with Crippen LogP contribution in [-0.4, -0.2) is 33.0 Å². The molecule has 4 unspecified atom stereocenters. The van der Waals surface area contributed by atoms with Crippen LogP contribution in [0.3, 0.4) is 0 Å². The van der Waals surface area contributed by atoms with Crippen LogP contribution in [0.5, 0.6) is 0 Å². The molecular formula is C16H24Br12O4Ti. The van der Waals surface area contributed by atoms with Crippen LogP contribution in [0.1, 0.15) is 53.4 Å². The molecule has 0 saturated heterocycles. The van der Waals surface area contributed by atoms with Crippen molar-refractivity contribution in [3.05, 3.63) is 0 Å². The largest absolute Gasteiger partial charge is 4.00 e. The number of hydrogen-bond donors (Lipinski definition) is 0. The summed E-state index contributed by atoms with van der Waals surface area (Å²) in [5.41, 5.74) is 0. The zero-order valence-corrected chi connectivity index (χ0v) is 38.4. The van der Waals surface area contributed by atoms with Crippen molar-refractivity contribution in [1.82, 2.24) is 0 Å². The third-order valence-corrected chi connectivity index (χ3v) is 9.07. The van der Waals surface area contributed by atoms with Crippen molar-refractivity contribution in [1.29, 1.82) is 0 Å². The Morgan fingerprint density at radius 1 is 0.394 bits per heavy atom. The van der Waals surface area contributed by atoms with Gasteiger partial charge in [0.25, 0.3) is 0 Å². The summed E-state index contributed by atoms with van der Waals surface area (Å²) >= 11 is 37.5. The second-order valence-electron chi connectivity index (χ2n) is 5.75. The van der Waals surface area contributed by atoms with Crippen LogP contribution in [0, 0.1) is 0 Å². The molecule has 0 aromatic carbocycles. The third-order valence-electron chi connectivity index (χ3n) is 2.94. The van der Waals surface area contributed by atoms with Gasteiger partial charge >= 0.3 is 21.7 Å². The summed E-state index contributed by atoms with van der Waals surface area (Å²) < 4.78 is -2.44. The zero-order valence-electron chi connectivity index (χ0n) is 17.8. The minimum absolute atomic E-state index is 0. The van der Waals surface area contributed by atoms with Gasteiger partial charge in [-0.15, -0.1) is 0 Å². The molecule has 0 aromatic rings. The van der Waals surface area contributed by atoms with Gasteiger partial charge in [-0.05, 0) is 0 Å². The van der Waals surface area contributed by atoms with E-state index in [-0.39, 0.29) is 21.7 Å². The Kier molecular flexibility index (Phi) is 36.9. The van der Waals surface area contributed by atoms with Gasteiger partial charge in [0.15, 0.2) is 0 Å². The molecule has 0 N–H and O–H groups in total. The maximum absolute atomic E-state index is 10.8. The molecule has 0 aliphatic rings. The SMILES string of the molecule is CCC([O-])C(Br)(Br)Br.CCC([O-])C(Br)(Br)Br.CCC([O-])C(Br)(Br)Br.CCC([O-])C(Br)(Br)Br.[Ti+4]. The molecular weight excluding hydrogens is 1260 g/mol. The predicted molar refractivity (Wildman–Crippen MR) is 174 cm³/mol. The summed E-state index contributed by atoms with van der Waals surface area (Å²) in [5.74, 6) is 0. The van der Waals surface area contributed by atoms with Crippen LogP contribution < -0.4 is 20.4 Å². The molecule has 0 aliphatic carbocycles. The molecule has 17 heteroatoms. The normalized spacial score (nSPS) is 15.6. The molecule has 0 rings (SSSR count). The van der Waals surface area contributed by atoms with E-state index in [9.17, 15) is 20.4 Å². The van der Waals surface area contributed by atoms with Crippen LogP contribution >= 0.6 is 191 Å². The van der Waals surface area contributed by atoms with Gasteiger partial charge in [-0.2, -0.15) is 0 Å². The van der Waals surface area contributed by atoms with Gasteiger partial charge in [0.1, 0.15) is 8.57 Å². The van der Waals surface area contributed by atoms with Crippen molar-refractivity contribution in [2.24, 2.45) is 0 Å². The molecule has 0 amide bonds. The fourth-order valence-corrected chi connectivity index (χ4v) is 4.81. The first-order chi connectivity index (χ1) is 13.9. The maximum atomic E-state index is 10.8. The Morgan fingerprint density at radius 3 is 0.485 bits per heavy atom. The van der Waals surface area contributed by atoms with Crippen LogP contribution in [0.4, 0.5) is 0 Å². The molecule has 0 aromatic heterocycles. The van der Waals surface area contributed by atoms with E-state index in [4.69, 9.17) is 0 Å². The van der Waals surface area contributed by atoms with Crippen molar-refractivity contribution < 1.29 is 42.1 Å². The van der Waals surface area contributed by atoms with E-state index in [0.717, 1.165) is 0 Å². The number of alkyl halides is 12. The standard InChI is InChI=1S/4C4H6Br3O.Ti/c4*1-2-3(8)4(5,6)7;/h4*3H,2H2,1H3;/q4*-1;+4. The Hall–Kier alpha value is 6.31. The van der Waals surface area contributed by atoms with E-state index in [1.807, 2.05) is 27.7 Å². The minimum Gasteiger partial charge on any atom is -0.850 e. The second kappa shape index (κ2) is 24.9. The fourth-order valence-electron chi connectivity index (χ4n) is 0.926. The zero-order chi connectivity index (χ0) is 27.1. The summed E-state index contributed by atoms with van der Waals surface area (Å²) in [6.07, 6.45) is -0.206. The Bertz CT molecular complexity index is 359. The van der Waals surface area contributed by atoms with Gasteiger partial charge in [-0.25, -0.2) is 0 Å². The van der Waals surface area contributed by atoms with E-state index in [0.29, 0.717) is 25.7 Å². The van der Waals surface area contributed by atoms with Crippen molar-refractivity contribution in [3.63, 3.8) is 0 Å². The summed E-state index contributed by atoms with van der Waals surface area (Å²) in [6.45, 7) is 7.37. The van der Waals surface area contributed by atoms with Crippen molar-refractivity contribution in [2.45, 2.75) is 86.4 Å². The summed E-state index contributed by atoms with van der Waals surface area (Å²) in [6, 6.07) is 0. The quantitative estimate of drug-likeness (QED) is 0.212. The molecule has 200 valence electrons. The van der Waals surface area contributed by atoms with Gasteiger partial charge < -0.3 is 20.4 Å². The van der Waals surface area contributed by atoms with E-state index in [1.54, 1.807) is 0 Å². The number of hydrogen-bond acceptors (Lipinski definition) is 4. The van der Waals surface area contributed by atoms with Crippen LogP contribution in [0.15, 0.2) is 0 Å². The minimum atomic E-state index is -0.650. The summed E-state index contributed by atoms with van der Waals surface area (Å²) in [4.78, 5) is 0. The Balaban J connectivity index is -0.000000105. The smallest absolute Gasteiger partial charge is 0.850 e. The first-order valence-corrected chi connectivity index (χ1v) is 18.3. The second-order valence-corrected chi connectivity index (χ2v) is 33.5. The topological polar surface area (TPSA) is 92.2 Å². The first kappa shape index (κ1) is 49.0. The maximum Gasteiger partial charge on any atom is 4.00 e. The van der Waals surface area contributed by atoms with Crippen molar-refractivity contribution >= 4 is 191 Å². The average molecular weight is 1290 g/mol.